The van der Waals surface area contributed by atoms with Crippen molar-refractivity contribution in [3.63, 3.8) is 0 Å². The van der Waals surface area contributed by atoms with Gasteiger partial charge in [-0.1, -0.05) is 18.2 Å². The number of aliphatic hydroxyl groups is 1. The van der Waals surface area contributed by atoms with Crippen LogP contribution in [0.4, 0.5) is 5.69 Å². The molecular formula is C24H27N5O3. The number of hydrogen-bond donors (Lipinski definition) is 3. The van der Waals surface area contributed by atoms with Crippen molar-refractivity contribution >= 4 is 11.6 Å². The van der Waals surface area contributed by atoms with Gasteiger partial charge >= 0.3 is 5.69 Å². The van der Waals surface area contributed by atoms with E-state index >= 15 is 0 Å². The van der Waals surface area contributed by atoms with Crippen molar-refractivity contribution in [1.29, 1.82) is 0 Å². The molecule has 0 radical (unpaired) electrons. The number of carbonyl (C=O) groups is 1. The van der Waals surface area contributed by atoms with Crippen molar-refractivity contribution in [2.75, 3.05) is 5.32 Å². The Hall–Kier alpha value is -3.36. The van der Waals surface area contributed by atoms with Crippen molar-refractivity contribution in [1.82, 2.24) is 19.9 Å². The van der Waals surface area contributed by atoms with Crippen LogP contribution < -0.4 is 16.3 Å². The van der Waals surface area contributed by atoms with Gasteiger partial charge in [-0.2, -0.15) is 0 Å². The highest BCUT2D eigenvalue weighted by Gasteiger charge is 2.30. The van der Waals surface area contributed by atoms with Gasteiger partial charge in [0.15, 0.2) is 0 Å². The van der Waals surface area contributed by atoms with Crippen LogP contribution in [0.15, 0.2) is 72.0 Å². The molecule has 1 fully saturated rings. The van der Waals surface area contributed by atoms with Gasteiger partial charge in [0.1, 0.15) is 6.04 Å². The van der Waals surface area contributed by atoms with Crippen LogP contribution in [-0.2, 0) is 11.2 Å². The molecule has 1 aliphatic rings. The summed E-state index contributed by atoms with van der Waals surface area (Å²) in [6.07, 6.45) is 8.52. The van der Waals surface area contributed by atoms with Crippen LogP contribution in [0.1, 0.15) is 43.0 Å². The highest BCUT2D eigenvalue weighted by atomic mass is 16.3. The second-order valence-electron chi connectivity index (χ2n) is 8.15. The minimum absolute atomic E-state index is 0.0140. The molecule has 1 aromatic carbocycles. The lowest BCUT2D eigenvalue weighted by Crippen LogP contribution is -2.35. The molecule has 4 rings (SSSR count). The fourth-order valence-corrected chi connectivity index (χ4v) is 4.09. The lowest BCUT2D eigenvalue weighted by Gasteiger charge is -2.20. The highest BCUT2D eigenvalue weighted by Crippen LogP contribution is 2.26. The molecule has 1 aliphatic heterocycles. The minimum Gasteiger partial charge on any atom is -0.387 e. The lowest BCUT2D eigenvalue weighted by atomic mass is 10.0. The molecule has 4 atom stereocenters. The van der Waals surface area contributed by atoms with Crippen molar-refractivity contribution in [3.05, 3.63) is 88.9 Å². The van der Waals surface area contributed by atoms with Gasteiger partial charge in [0.25, 0.3) is 0 Å². The zero-order chi connectivity index (χ0) is 22.5. The van der Waals surface area contributed by atoms with Gasteiger partial charge in [-0.3, -0.25) is 14.3 Å². The van der Waals surface area contributed by atoms with Crippen molar-refractivity contribution < 1.29 is 9.90 Å². The number of aliphatic hydroxyl groups excluding tert-OH is 1. The van der Waals surface area contributed by atoms with Gasteiger partial charge < -0.3 is 15.7 Å². The molecule has 8 nitrogen and oxygen atoms in total. The molecular weight excluding hydrogens is 406 g/mol. The van der Waals surface area contributed by atoms with Gasteiger partial charge in [-0.15, -0.1) is 0 Å². The molecule has 32 heavy (non-hydrogen) atoms. The number of benzene rings is 1. The van der Waals surface area contributed by atoms with E-state index in [0.29, 0.717) is 5.69 Å². The molecule has 2 aromatic heterocycles. The summed E-state index contributed by atoms with van der Waals surface area (Å²) in [6, 6.07) is 12.7. The Bertz CT molecular complexity index is 1100. The van der Waals surface area contributed by atoms with Gasteiger partial charge in [0, 0.05) is 48.1 Å². The maximum absolute atomic E-state index is 12.5. The monoisotopic (exact) mass is 433 g/mol. The quantitative estimate of drug-likeness (QED) is 0.527. The predicted octanol–water partition coefficient (Wildman–Crippen LogP) is 2.23. The topological polar surface area (TPSA) is 109 Å². The average Bonchev–Trinajstić information content (AvgIpc) is 3.28. The number of nitrogens with zero attached hydrogens (tertiary/aromatic N) is 3. The summed E-state index contributed by atoms with van der Waals surface area (Å²) >= 11 is 0. The molecule has 1 saturated heterocycles. The first-order valence-electron chi connectivity index (χ1n) is 10.8. The third-order valence-corrected chi connectivity index (χ3v) is 5.92. The molecule has 3 heterocycles. The minimum atomic E-state index is -0.665. The zero-order valence-electron chi connectivity index (χ0n) is 17.9. The standard InChI is InChI=1S/C24H27N5O3/c1-16(29-13-3-12-26-24(29)32)23(31)28-19-7-5-17(6-8-19)14-20-9-10-21(27-20)22(30)18-4-2-11-25-15-18/h2-8,11-13,15-16,20-22,27,30H,9-10,14H2,1H3,(H,28,31)/t16-,20-,21+,22+/m0/s1. The SMILES string of the molecule is C[C@@H](C(=O)Nc1ccc(C[C@@H]2CC[C@H]([C@H](O)c3cccnc3)N2)cc1)n1cccnc1=O. The van der Waals surface area contributed by atoms with Crippen LogP contribution in [0.3, 0.4) is 0 Å². The summed E-state index contributed by atoms with van der Waals surface area (Å²) < 4.78 is 1.30. The van der Waals surface area contributed by atoms with E-state index < -0.39 is 17.8 Å². The number of nitrogens with one attached hydrogen (secondary N) is 2. The highest BCUT2D eigenvalue weighted by molar-refractivity contribution is 5.93. The first-order valence-corrected chi connectivity index (χ1v) is 10.8. The molecule has 0 unspecified atom stereocenters. The second kappa shape index (κ2) is 9.84. The molecule has 8 heteroatoms. The van der Waals surface area contributed by atoms with Gasteiger partial charge in [0.2, 0.25) is 5.91 Å². The third-order valence-electron chi connectivity index (χ3n) is 5.92. The number of amides is 1. The van der Waals surface area contributed by atoms with E-state index in [2.05, 4.69) is 20.6 Å². The summed E-state index contributed by atoms with van der Waals surface area (Å²) in [5, 5.41) is 17.0. The molecule has 166 valence electrons. The maximum atomic E-state index is 12.5. The van der Waals surface area contributed by atoms with Crippen LogP contribution >= 0.6 is 0 Å². The van der Waals surface area contributed by atoms with E-state index in [1.165, 1.54) is 10.8 Å². The van der Waals surface area contributed by atoms with Gasteiger partial charge in [0.05, 0.1) is 6.10 Å². The Morgan fingerprint density at radius 1 is 1.22 bits per heavy atom. The number of rotatable bonds is 7. The van der Waals surface area contributed by atoms with Gasteiger partial charge in [-0.05, 0) is 56.0 Å². The summed E-state index contributed by atoms with van der Waals surface area (Å²) in [4.78, 5) is 32.1. The second-order valence-corrected chi connectivity index (χ2v) is 8.15. The van der Waals surface area contributed by atoms with Crippen LogP contribution in [0.5, 0.6) is 0 Å². The number of carbonyl (C=O) groups excluding carboxylic acids is 1. The van der Waals surface area contributed by atoms with Crippen molar-refractivity contribution in [3.8, 4) is 0 Å². The van der Waals surface area contributed by atoms with E-state index in [0.717, 1.165) is 30.4 Å². The fourth-order valence-electron chi connectivity index (χ4n) is 4.09. The average molecular weight is 434 g/mol. The fraction of sp³-hybridized carbons (Fsp3) is 0.333. The Labute approximate surface area is 186 Å². The Kier molecular flexibility index (Phi) is 6.72. The lowest BCUT2D eigenvalue weighted by molar-refractivity contribution is -0.118. The van der Waals surface area contributed by atoms with E-state index in [9.17, 15) is 14.7 Å². The maximum Gasteiger partial charge on any atom is 0.348 e. The predicted molar refractivity (Wildman–Crippen MR) is 121 cm³/mol. The molecule has 0 bridgehead atoms. The zero-order valence-corrected chi connectivity index (χ0v) is 17.9. The van der Waals surface area contributed by atoms with Crippen LogP contribution in [0.2, 0.25) is 0 Å². The van der Waals surface area contributed by atoms with E-state index in [1.54, 1.807) is 31.6 Å². The smallest absolute Gasteiger partial charge is 0.348 e. The molecule has 0 saturated carbocycles. The third kappa shape index (κ3) is 5.09. The van der Waals surface area contributed by atoms with E-state index in [-0.39, 0.29) is 18.0 Å². The van der Waals surface area contributed by atoms with Crippen LogP contribution in [0.25, 0.3) is 0 Å². The van der Waals surface area contributed by atoms with Crippen LogP contribution in [0, 0.1) is 0 Å². The molecule has 0 aliphatic carbocycles. The Morgan fingerprint density at radius 2 is 2.03 bits per heavy atom. The number of hydrogen-bond acceptors (Lipinski definition) is 6. The molecule has 0 spiro atoms. The van der Waals surface area contributed by atoms with Crippen LogP contribution in [-0.4, -0.2) is 37.6 Å². The Morgan fingerprint density at radius 3 is 2.75 bits per heavy atom. The first-order chi connectivity index (χ1) is 15.5. The summed E-state index contributed by atoms with van der Waals surface area (Å²) in [6.45, 7) is 1.66. The van der Waals surface area contributed by atoms with Crippen molar-refractivity contribution in [2.45, 2.75) is 50.4 Å². The molecule has 1 amide bonds. The van der Waals surface area contributed by atoms with E-state index in [4.69, 9.17) is 0 Å². The molecule has 3 N–H and O–H groups in total. The van der Waals surface area contributed by atoms with E-state index in [1.807, 2.05) is 36.4 Å². The molecule has 3 aromatic rings. The number of pyridine rings is 1. The first kappa shape index (κ1) is 21.9. The largest absolute Gasteiger partial charge is 0.387 e. The summed E-state index contributed by atoms with van der Waals surface area (Å²) in [5.74, 6) is -0.280. The van der Waals surface area contributed by atoms with Gasteiger partial charge in [-0.25, -0.2) is 9.78 Å². The summed E-state index contributed by atoms with van der Waals surface area (Å²) in [5.41, 5.74) is 2.19. The number of aromatic nitrogens is 3. The van der Waals surface area contributed by atoms with Crippen molar-refractivity contribution in [2.24, 2.45) is 0 Å². The summed E-state index contributed by atoms with van der Waals surface area (Å²) in [7, 11) is 0. The Balaban J connectivity index is 1.31. The number of anilines is 1. The normalized spacial score (nSPS) is 19.9.